The Balaban J connectivity index is 1.59. The summed E-state index contributed by atoms with van der Waals surface area (Å²) in [4.78, 5) is 6.99. The van der Waals surface area contributed by atoms with Gasteiger partial charge in [0.25, 0.3) is 0 Å². The van der Waals surface area contributed by atoms with E-state index in [0.29, 0.717) is 0 Å². The molecule has 1 aromatic heterocycles. The SMILES string of the molecule is c1ccc(CN2CC[C@@H]3NCCC[C@@H]3C2)nc1. The van der Waals surface area contributed by atoms with Crippen molar-refractivity contribution in [1.82, 2.24) is 15.2 Å². The number of hydrogen-bond acceptors (Lipinski definition) is 3. The molecule has 0 aliphatic carbocycles. The zero-order valence-electron chi connectivity index (χ0n) is 10.3. The smallest absolute Gasteiger partial charge is 0.0543 e. The summed E-state index contributed by atoms with van der Waals surface area (Å²) in [6.45, 7) is 4.70. The maximum absolute atomic E-state index is 4.42. The van der Waals surface area contributed by atoms with Crippen LogP contribution >= 0.6 is 0 Å². The summed E-state index contributed by atoms with van der Waals surface area (Å²) in [5, 5.41) is 3.66. The number of hydrogen-bond donors (Lipinski definition) is 1. The number of rotatable bonds is 2. The molecular weight excluding hydrogens is 210 g/mol. The molecule has 2 aliphatic heterocycles. The highest BCUT2D eigenvalue weighted by Crippen LogP contribution is 2.25. The zero-order chi connectivity index (χ0) is 11.5. The Bertz CT molecular complexity index is 352. The van der Waals surface area contributed by atoms with Crippen molar-refractivity contribution in [3.05, 3.63) is 30.1 Å². The molecule has 3 nitrogen and oxygen atoms in total. The Morgan fingerprint density at radius 1 is 1.35 bits per heavy atom. The summed E-state index contributed by atoms with van der Waals surface area (Å²) < 4.78 is 0. The Kier molecular flexibility index (Phi) is 3.39. The monoisotopic (exact) mass is 231 g/mol. The first-order valence-corrected chi connectivity index (χ1v) is 6.77. The number of pyridine rings is 1. The third kappa shape index (κ3) is 2.67. The summed E-state index contributed by atoms with van der Waals surface area (Å²) in [5.74, 6) is 0.862. The lowest BCUT2D eigenvalue weighted by molar-refractivity contribution is 0.108. The first-order valence-electron chi connectivity index (χ1n) is 6.77. The van der Waals surface area contributed by atoms with Gasteiger partial charge in [0, 0.05) is 31.9 Å². The molecule has 2 aliphatic rings. The number of nitrogens with one attached hydrogen (secondary N) is 1. The first-order chi connectivity index (χ1) is 8.42. The van der Waals surface area contributed by atoms with Gasteiger partial charge in [-0.1, -0.05) is 6.07 Å². The predicted molar refractivity (Wildman–Crippen MR) is 68.6 cm³/mol. The number of aromatic nitrogens is 1. The van der Waals surface area contributed by atoms with Crippen LogP contribution in [0.5, 0.6) is 0 Å². The molecule has 2 atom stereocenters. The van der Waals surface area contributed by atoms with Crippen LogP contribution in [0.2, 0.25) is 0 Å². The molecule has 0 aromatic carbocycles. The quantitative estimate of drug-likeness (QED) is 0.839. The molecule has 0 saturated carbocycles. The summed E-state index contributed by atoms with van der Waals surface area (Å²) >= 11 is 0. The Labute approximate surface area is 103 Å². The van der Waals surface area contributed by atoms with Gasteiger partial charge in [0.1, 0.15) is 0 Å². The first kappa shape index (κ1) is 11.2. The topological polar surface area (TPSA) is 28.2 Å². The minimum Gasteiger partial charge on any atom is -0.314 e. The van der Waals surface area contributed by atoms with Crippen LogP contribution in [0.3, 0.4) is 0 Å². The Hall–Kier alpha value is -0.930. The van der Waals surface area contributed by atoms with E-state index in [9.17, 15) is 0 Å². The fraction of sp³-hybridized carbons (Fsp3) is 0.643. The van der Waals surface area contributed by atoms with Crippen LogP contribution in [0, 0.1) is 5.92 Å². The molecule has 3 rings (SSSR count). The molecule has 2 saturated heterocycles. The second-order valence-corrected chi connectivity index (χ2v) is 5.31. The third-order valence-corrected chi connectivity index (χ3v) is 4.09. The maximum Gasteiger partial charge on any atom is 0.0543 e. The predicted octanol–water partition coefficient (Wildman–Crippen LogP) is 1.66. The fourth-order valence-corrected chi connectivity index (χ4v) is 3.18. The van der Waals surface area contributed by atoms with Crippen LogP contribution in [0.1, 0.15) is 25.0 Å². The van der Waals surface area contributed by atoms with Gasteiger partial charge in [0.2, 0.25) is 0 Å². The molecule has 0 unspecified atom stereocenters. The Morgan fingerprint density at radius 3 is 3.24 bits per heavy atom. The largest absolute Gasteiger partial charge is 0.314 e. The molecule has 0 amide bonds. The molecule has 0 bridgehead atoms. The molecule has 0 spiro atoms. The summed E-state index contributed by atoms with van der Waals surface area (Å²) in [5.41, 5.74) is 1.20. The number of fused-ring (bicyclic) bond motifs is 1. The second-order valence-electron chi connectivity index (χ2n) is 5.31. The van der Waals surface area contributed by atoms with Gasteiger partial charge in [-0.15, -0.1) is 0 Å². The minimum atomic E-state index is 0.781. The molecule has 1 N–H and O–H groups in total. The Morgan fingerprint density at radius 2 is 2.35 bits per heavy atom. The lowest BCUT2D eigenvalue weighted by Gasteiger charge is -2.41. The van der Waals surface area contributed by atoms with Crippen molar-refractivity contribution >= 4 is 0 Å². The number of piperidine rings is 2. The highest BCUT2D eigenvalue weighted by atomic mass is 15.2. The lowest BCUT2D eigenvalue weighted by atomic mass is 9.85. The van der Waals surface area contributed by atoms with Crippen molar-refractivity contribution in [3.8, 4) is 0 Å². The van der Waals surface area contributed by atoms with E-state index in [1.807, 2.05) is 12.3 Å². The molecule has 1 aromatic rings. The lowest BCUT2D eigenvalue weighted by Crippen LogP contribution is -2.51. The molecule has 3 heteroatoms. The van der Waals surface area contributed by atoms with E-state index in [1.165, 1.54) is 44.6 Å². The van der Waals surface area contributed by atoms with Crippen LogP contribution in [-0.2, 0) is 6.54 Å². The van der Waals surface area contributed by atoms with Crippen LogP contribution in [0.25, 0.3) is 0 Å². The highest BCUT2D eigenvalue weighted by Gasteiger charge is 2.30. The third-order valence-electron chi connectivity index (χ3n) is 4.09. The maximum atomic E-state index is 4.42. The van der Waals surface area contributed by atoms with Gasteiger partial charge in [-0.05, 0) is 43.9 Å². The van der Waals surface area contributed by atoms with E-state index in [-0.39, 0.29) is 0 Å². The summed E-state index contributed by atoms with van der Waals surface area (Å²) in [7, 11) is 0. The highest BCUT2D eigenvalue weighted by molar-refractivity contribution is 5.04. The zero-order valence-corrected chi connectivity index (χ0v) is 10.3. The average Bonchev–Trinajstić information content (AvgIpc) is 2.40. The van der Waals surface area contributed by atoms with E-state index in [1.54, 1.807) is 0 Å². The van der Waals surface area contributed by atoms with Gasteiger partial charge in [-0.25, -0.2) is 0 Å². The van der Waals surface area contributed by atoms with E-state index in [0.717, 1.165) is 18.5 Å². The van der Waals surface area contributed by atoms with Gasteiger partial charge >= 0.3 is 0 Å². The van der Waals surface area contributed by atoms with Crippen molar-refractivity contribution in [2.24, 2.45) is 5.92 Å². The average molecular weight is 231 g/mol. The molecule has 92 valence electrons. The molecular formula is C14H21N3. The normalized spacial score (nSPS) is 29.9. The molecule has 17 heavy (non-hydrogen) atoms. The van der Waals surface area contributed by atoms with Gasteiger partial charge in [0.05, 0.1) is 5.69 Å². The van der Waals surface area contributed by atoms with Crippen LogP contribution in [-0.4, -0.2) is 35.6 Å². The van der Waals surface area contributed by atoms with Crippen molar-refractivity contribution in [2.45, 2.75) is 31.8 Å². The minimum absolute atomic E-state index is 0.781. The van der Waals surface area contributed by atoms with E-state index < -0.39 is 0 Å². The van der Waals surface area contributed by atoms with Crippen LogP contribution in [0.4, 0.5) is 0 Å². The number of likely N-dealkylation sites (tertiary alicyclic amines) is 1. The molecule has 2 fully saturated rings. The van der Waals surface area contributed by atoms with E-state index in [4.69, 9.17) is 0 Å². The van der Waals surface area contributed by atoms with Crippen molar-refractivity contribution < 1.29 is 0 Å². The second kappa shape index (κ2) is 5.15. The van der Waals surface area contributed by atoms with Gasteiger partial charge in [-0.2, -0.15) is 0 Å². The van der Waals surface area contributed by atoms with Crippen LogP contribution < -0.4 is 5.32 Å². The fourth-order valence-electron chi connectivity index (χ4n) is 3.18. The van der Waals surface area contributed by atoms with Crippen molar-refractivity contribution in [2.75, 3.05) is 19.6 Å². The van der Waals surface area contributed by atoms with Gasteiger partial charge < -0.3 is 5.32 Å². The summed E-state index contributed by atoms with van der Waals surface area (Å²) in [6.07, 6.45) is 5.94. The van der Waals surface area contributed by atoms with Crippen molar-refractivity contribution in [1.29, 1.82) is 0 Å². The number of nitrogens with zero attached hydrogens (tertiary/aromatic N) is 2. The van der Waals surface area contributed by atoms with Gasteiger partial charge in [0.15, 0.2) is 0 Å². The van der Waals surface area contributed by atoms with Crippen LogP contribution in [0.15, 0.2) is 24.4 Å². The van der Waals surface area contributed by atoms with Crippen molar-refractivity contribution in [3.63, 3.8) is 0 Å². The van der Waals surface area contributed by atoms with E-state index >= 15 is 0 Å². The summed E-state index contributed by atoms with van der Waals surface area (Å²) in [6, 6.07) is 6.98. The standard InChI is InChI=1S/C14H21N3/c1-2-7-15-13(5-1)11-17-9-6-14-12(10-17)4-3-8-16-14/h1-2,5,7,12,14,16H,3-4,6,8-11H2/t12-,14+/m1/s1. The molecule has 0 radical (unpaired) electrons. The molecule has 3 heterocycles. The van der Waals surface area contributed by atoms with Gasteiger partial charge in [-0.3, -0.25) is 9.88 Å². The van der Waals surface area contributed by atoms with E-state index in [2.05, 4.69) is 27.3 Å².